The molecule has 1 atom stereocenters. The molecule has 0 aliphatic carbocycles. The Balaban J connectivity index is 1.90. The van der Waals surface area contributed by atoms with Crippen LogP contribution in [0.4, 0.5) is 0 Å². The second-order valence-corrected chi connectivity index (χ2v) is 8.27. The van der Waals surface area contributed by atoms with E-state index in [1.54, 1.807) is 12.1 Å². The first-order chi connectivity index (χ1) is 13.0. The topological polar surface area (TPSA) is 46.5 Å². The number of aromatic carboxylic acids is 1. The van der Waals surface area contributed by atoms with Gasteiger partial charge in [0.05, 0.1) is 12.2 Å². The molecule has 1 N–H and O–H groups in total. The van der Waals surface area contributed by atoms with Crippen LogP contribution < -0.4 is 0 Å². The molecule has 0 bridgehead atoms. The molecule has 1 aliphatic heterocycles. The van der Waals surface area contributed by atoms with Gasteiger partial charge in [-0.2, -0.15) is 0 Å². The van der Waals surface area contributed by atoms with E-state index in [0.29, 0.717) is 11.1 Å². The lowest BCUT2D eigenvalue weighted by molar-refractivity contribution is 0.0696. The molecule has 0 spiro atoms. The molecule has 0 amide bonds. The standard InChI is InChI=1S/C23H26O3S/c1-3-26-16-23(2)13-6-14-27-21-15-17(10-12-20(21)23)9-11-18-7-4-5-8-19(18)22(24)25/h4-5,7-12,15H,3,6,13-14,16H2,1-2H3,(H,24,25)/b11-9+. The Hall–Kier alpha value is -2.04. The molecule has 1 unspecified atom stereocenters. The predicted octanol–water partition coefficient (Wildman–Crippen LogP) is 5.74. The Labute approximate surface area is 165 Å². The van der Waals surface area contributed by atoms with E-state index in [-0.39, 0.29) is 5.41 Å². The molecule has 1 heterocycles. The largest absolute Gasteiger partial charge is 0.478 e. The van der Waals surface area contributed by atoms with Gasteiger partial charge in [-0.05, 0) is 54.3 Å². The number of fused-ring (bicyclic) bond motifs is 1. The highest BCUT2D eigenvalue weighted by molar-refractivity contribution is 7.99. The maximum Gasteiger partial charge on any atom is 0.336 e. The van der Waals surface area contributed by atoms with Gasteiger partial charge in [0.15, 0.2) is 0 Å². The van der Waals surface area contributed by atoms with Crippen LogP contribution in [0.3, 0.4) is 0 Å². The molecule has 0 saturated heterocycles. The normalized spacial score (nSPS) is 19.6. The smallest absolute Gasteiger partial charge is 0.336 e. The third-order valence-electron chi connectivity index (χ3n) is 5.06. The molecule has 0 saturated carbocycles. The van der Waals surface area contributed by atoms with Crippen molar-refractivity contribution in [3.05, 3.63) is 64.7 Å². The molecule has 0 fully saturated rings. The van der Waals surface area contributed by atoms with Gasteiger partial charge in [-0.15, -0.1) is 11.8 Å². The van der Waals surface area contributed by atoms with E-state index in [9.17, 15) is 9.90 Å². The summed E-state index contributed by atoms with van der Waals surface area (Å²) < 4.78 is 5.78. The summed E-state index contributed by atoms with van der Waals surface area (Å²) in [5, 5.41) is 9.33. The minimum atomic E-state index is -0.903. The number of hydrogen-bond acceptors (Lipinski definition) is 3. The van der Waals surface area contributed by atoms with Crippen LogP contribution in [0, 0.1) is 0 Å². The Bertz CT molecular complexity index is 843. The molecule has 142 valence electrons. The van der Waals surface area contributed by atoms with E-state index < -0.39 is 5.97 Å². The summed E-state index contributed by atoms with van der Waals surface area (Å²) in [6.45, 7) is 5.82. The van der Waals surface area contributed by atoms with E-state index in [1.165, 1.54) is 16.9 Å². The van der Waals surface area contributed by atoms with Crippen LogP contribution in [-0.4, -0.2) is 30.0 Å². The lowest BCUT2D eigenvalue weighted by Crippen LogP contribution is -2.28. The highest BCUT2D eigenvalue weighted by Gasteiger charge is 2.31. The van der Waals surface area contributed by atoms with E-state index in [2.05, 4.69) is 25.1 Å². The summed E-state index contributed by atoms with van der Waals surface area (Å²) in [7, 11) is 0. The number of carbonyl (C=O) groups is 1. The van der Waals surface area contributed by atoms with Crippen LogP contribution in [0.5, 0.6) is 0 Å². The van der Waals surface area contributed by atoms with E-state index in [0.717, 1.165) is 31.0 Å². The van der Waals surface area contributed by atoms with Gasteiger partial charge < -0.3 is 9.84 Å². The molecule has 3 nitrogen and oxygen atoms in total. The zero-order chi connectivity index (χ0) is 19.3. The zero-order valence-electron chi connectivity index (χ0n) is 15.9. The summed E-state index contributed by atoms with van der Waals surface area (Å²) in [6, 6.07) is 13.6. The number of carboxylic acid groups (broad SMARTS) is 1. The first-order valence-corrected chi connectivity index (χ1v) is 10.4. The highest BCUT2D eigenvalue weighted by atomic mass is 32.2. The average molecular weight is 383 g/mol. The molecule has 0 aromatic heterocycles. The van der Waals surface area contributed by atoms with Gasteiger partial charge in [-0.1, -0.05) is 49.4 Å². The van der Waals surface area contributed by atoms with Crippen molar-refractivity contribution in [3.63, 3.8) is 0 Å². The number of rotatable bonds is 6. The van der Waals surface area contributed by atoms with Crippen molar-refractivity contribution in [3.8, 4) is 0 Å². The molecule has 1 aliphatic rings. The number of ether oxygens (including phenoxy) is 1. The first kappa shape index (κ1) is 19.7. The molecule has 2 aromatic rings. The van der Waals surface area contributed by atoms with Crippen molar-refractivity contribution in [1.82, 2.24) is 0 Å². The lowest BCUT2D eigenvalue weighted by atomic mass is 9.79. The summed E-state index contributed by atoms with van der Waals surface area (Å²) in [4.78, 5) is 12.7. The summed E-state index contributed by atoms with van der Waals surface area (Å²) in [5.41, 5.74) is 3.53. The van der Waals surface area contributed by atoms with Crippen LogP contribution in [0.15, 0.2) is 47.4 Å². The Morgan fingerprint density at radius 2 is 2.07 bits per heavy atom. The Morgan fingerprint density at radius 1 is 1.26 bits per heavy atom. The third kappa shape index (κ3) is 4.63. The van der Waals surface area contributed by atoms with Crippen LogP contribution in [0.2, 0.25) is 0 Å². The minimum Gasteiger partial charge on any atom is -0.478 e. The molecule has 0 radical (unpaired) electrons. The average Bonchev–Trinajstić information content (AvgIpc) is 2.84. The third-order valence-corrected chi connectivity index (χ3v) is 6.20. The van der Waals surface area contributed by atoms with Crippen molar-refractivity contribution < 1.29 is 14.6 Å². The van der Waals surface area contributed by atoms with Gasteiger partial charge in [-0.3, -0.25) is 0 Å². The van der Waals surface area contributed by atoms with Crippen LogP contribution in [-0.2, 0) is 10.2 Å². The van der Waals surface area contributed by atoms with Crippen molar-refractivity contribution in [1.29, 1.82) is 0 Å². The van der Waals surface area contributed by atoms with E-state index in [1.807, 2.05) is 43.0 Å². The Kier molecular flexibility index (Phi) is 6.40. The van der Waals surface area contributed by atoms with Crippen molar-refractivity contribution >= 4 is 29.9 Å². The number of thioether (sulfide) groups is 1. The van der Waals surface area contributed by atoms with Crippen molar-refractivity contribution in [2.24, 2.45) is 0 Å². The maximum absolute atomic E-state index is 11.4. The number of hydrogen-bond donors (Lipinski definition) is 1. The quantitative estimate of drug-likeness (QED) is 0.648. The molecule has 27 heavy (non-hydrogen) atoms. The molecular weight excluding hydrogens is 356 g/mol. The molecule has 4 heteroatoms. The Morgan fingerprint density at radius 3 is 2.85 bits per heavy atom. The summed E-state index contributed by atoms with van der Waals surface area (Å²) >= 11 is 1.91. The second-order valence-electron chi connectivity index (χ2n) is 7.13. The van der Waals surface area contributed by atoms with Crippen LogP contribution in [0.25, 0.3) is 12.2 Å². The molecule has 3 rings (SSSR count). The van der Waals surface area contributed by atoms with E-state index >= 15 is 0 Å². The van der Waals surface area contributed by atoms with Gasteiger partial charge >= 0.3 is 5.97 Å². The van der Waals surface area contributed by atoms with Gasteiger partial charge in [0.25, 0.3) is 0 Å². The SMILES string of the molecule is CCOCC1(C)CCCSc2cc(/C=C/c3ccccc3C(=O)O)ccc21. The van der Waals surface area contributed by atoms with Crippen LogP contribution >= 0.6 is 11.8 Å². The highest BCUT2D eigenvalue weighted by Crippen LogP contribution is 2.41. The first-order valence-electron chi connectivity index (χ1n) is 9.39. The number of carboxylic acids is 1. The lowest BCUT2D eigenvalue weighted by Gasteiger charge is -2.30. The van der Waals surface area contributed by atoms with E-state index in [4.69, 9.17) is 4.74 Å². The van der Waals surface area contributed by atoms with Crippen molar-refractivity contribution in [2.45, 2.75) is 37.0 Å². The van der Waals surface area contributed by atoms with Gasteiger partial charge in [0.2, 0.25) is 0 Å². The fourth-order valence-electron chi connectivity index (χ4n) is 3.54. The second kappa shape index (κ2) is 8.77. The van der Waals surface area contributed by atoms with Gasteiger partial charge in [-0.25, -0.2) is 4.79 Å². The zero-order valence-corrected chi connectivity index (χ0v) is 16.7. The van der Waals surface area contributed by atoms with Crippen LogP contribution in [0.1, 0.15) is 53.7 Å². The molecular formula is C23H26O3S. The maximum atomic E-state index is 11.4. The predicted molar refractivity (Wildman–Crippen MR) is 113 cm³/mol. The monoisotopic (exact) mass is 382 g/mol. The fourth-order valence-corrected chi connectivity index (χ4v) is 4.74. The molecule has 2 aromatic carbocycles. The summed E-state index contributed by atoms with van der Waals surface area (Å²) in [5.74, 6) is 0.212. The van der Waals surface area contributed by atoms with Gasteiger partial charge in [0, 0.05) is 16.9 Å². The fraction of sp³-hybridized carbons (Fsp3) is 0.348. The van der Waals surface area contributed by atoms with Gasteiger partial charge in [0.1, 0.15) is 0 Å². The summed E-state index contributed by atoms with van der Waals surface area (Å²) in [6.07, 6.45) is 6.19. The number of benzene rings is 2. The minimum absolute atomic E-state index is 0.0486. The van der Waals surface area contributed by atoms with Crippen molar-refractivity contribution in [2.75, 3.05) is 19.0 Å².